The highest BCUT2D eigenvalue weighted by Crippen LogP contribution is 2.21. The summed E-state index contributed by atoms with van der Waals surface area (Å²) >= 11 is 0. The Morgan fingerprint density at radius 2 is 1.74 bits per heavy atom. The number of aliphatic hydroxyl groups excluding tert-OH is 1. The van der Waals surface area contributed by atoms with Crippen LogP contribution in [-0.4, -0.2) is 34.9 Å². The van der Waals surface area contributed by atoms with Gasteiger partial charge in [0.2, 0.25) is 0 Å². The number of rotatable bonds is 4. The number of amides is 2. The van der Waals surface area contributed by atoms with Crippen molar-refractivity contribution in [3.63, 3.8) is 0 Å². The predicted octanol–water partition coefficient (Wildman–Crippen LogP) is 1.18. The average Bonchev–Trinajstić information content (AvgIpc) is 2.30. The van der Waals surface area contributed by atoms with Crippen LogP contribution in [0.5, 0.6) is 0 Å². The quantitative estimate of drug-likeness (QED) is 0.657. The van der Waals surface area contributed by atoms with Crippen molar-refractivity contribution in [1.82, 2.24) is 5.32 Å². The van der Waals surface area contributed by atoms with E-state index in [4.69, 9.17) is 10.2 Å². The minimum atomic E-state index is -1.31. The van der Waals surface area contributed by atoms with Gasteiger partial charge in [-0.3, -0.25) is 0 Å². The highest BCUT2D eigenvalue weighted by atomic mass is 16.4. The summed E-state index contributed by atoms with van der Waals surface area (Å²) in [6, 6.07) is 1.87. The normalized spacial score (nSPS) is 11.8. The van der Waals surface area contributed by atoms with Crippen LogP contribution in [0.1, 0.15) is 16.7 Å². The zero-order chi connectivity index (χ0) is 14.6. The highest BCUT2D eigenvalue weighted by molar-refractivity contribution is 5.93. The van der Waals surface area contributed by atoms with E-state index in [0.29, 0.717) is 5.69 Å². The van der Waals surface area contributed by atoms with E-state index < -0.39 is 24.6 Å². The second-order valence-corrected chi connectivity index (χ2v) is 4.45. The number of carboxylic acids is 1. The van der Waals surface area contributed by atoms with E-state index in [2.05, 4.69) is 10.6 Å². The largest absolute Gasteiger partial charge is 0.480 e. The number of urea groups is 1. The molecule has 0 bridgehead atoms. The third-order valence-corrected chi connectivity index (χ3v) is 2.70. The number of aryl methyl sites for hydroxylation is 3. The van der Waals surface area contributed by atoms with Crippen molar-refractivity contribution in [2.75, 3.05) is 11.9 Å². The summed E-state index contributed by atoms with van der Waals surface area (Å²) < 4.78 is 0. The van der Waals surface area contributed by atoms with E-state index in [0.717, 1.165) is 16.7 Å². The van der Waals surface area contributed by atoms with Crippen LogP contribution < -0.4 is 10.6 Å². The zero-order valence-electron chi connectivity index (χ0n) is 11.2. The lowest BCUT2D eigenvalue weighted by atomic mass is 10.1. The van der Waals surface area contributed by atoms with Crippen molar-refractivity contribution in [1.29, 1.82) is 0 Å². The fourth-order valence-corrected chi connectivity index (χ4v) is 1.87. The lowest BCUT2D eigenvalue weighted by Gasteiger charge is -2.16. The van der Waals surface area contributed by atoms with Crippen LogP contribution in [0.15, 0.2) is 12.1 Å². The first kappa shape index (κ1) is 15.0. The number of benzene rings is 1. The number of carbonyl (C=O) groups excluding carboxylic acids is 1. The van der Waals surface area contributed by atoms with Crippen molar-refractivity contribution in [3.05, 3.63) is 28.8 Å². The van der Waals surface area contributed by atoms with Gasteiger partial charge >= 0.3 is 12.0 Å². The Morgan fingerprint density at radius 1 is 1.21 bits per heavy atom. The molecule has 6 heteroatoms. The fourth-order valence-electron chi connectivity index (χ4n) is 1.87. The number of anilines is 1. The van der Waals surface area contributed by atoms with Crippen LogP contribution in [0.25, 0.3) is 0 Å². The molecule has 0 aliphatic heterocycles. The summed E-state index contributed by atoms with van der Waals surface area (Å²) in [5.41, 5.74) is 3.51. The monoisotopic (exact) mass is 266 g/mol. The van der Waals surface area contributed by atoms with Gasteiger partial charge in [0.15, 0.2) is 6.04 Å². The molecule has 0 saturated heterocycles. The Kier molecular flexibility index (Phi) is 4.88. The lowest BCUT2D eigenvalue weighted by molar-refractivity contribution is -0.140. The Balaban J connectivity index is 2.80. The summed E-state index contributed by atoms with van der Waals surface area (Å²) in [6.45, 7) is 5.01. The summed E-state index contributed by atoms with van der Waals surface area (Å²) in [7, 11) is 0. The summed E-state index contributed by atoms with van der Waals surface area (Å²) in [5.74, 6) is -1.28. The average molecular weight is 266 g/mol. The van der Waals surface area contributed by atoms with Crippen LogP contribution in [0.3, 0.4) is 0 Å². The smallest absolute Gasteiger partial charge is 0.328 e. The van der Waals surface area contributed by atoms with Crippen molar-refractivity contribution < 1.29 is 19.8 Å². The van der Waals surface area contributed by atoms with Crippen LogP contribution in [0.4, 0.5) is 10.5 Å². The van der Waals surface area contributed by atoms with Crippen LogP contribution in [0, 0.1) is 20.8 Å². The van der Waals surface area contributed by atoms with Gasteiger partial charge in [-0.1, -0.05) is 17.7 Å². The SMILES string of the molecule is Cc1cc(C)c(NC(=O)N[C@H](CO)C(=O)O)c(C)c1. The maximum Gasteiger partial charge on any atom is 0.328 e. The molecule has 0 aliphatic rings. The van der Waals surface area contributed by atoms with Crippen molar-refractivity contribution >= 4 is 17.7 Å². The van der Waals surface area contributed by atoms with Crippen molar-refractivity contribution in [3.8, 4) is 0 Å². The van der Waals surface area contributed by atoms with E-state index >= 15 is 0 Å². The molecule has 104 valence electrons. The number of hydrogen-bond donors (Lipinski definition) is 4. The Hall–Kier alpha value is -2.08. The standard InChI is InChI=1S/C13H18N2O4/c1-7-4-8(2)11(9(3)5-7)15-13(19)14-10(6-16)12(17)18/h4-5,10,16H,6H2,1-3H3,(H,17,18)(H2,14,15,19)/t10-/m1/s1. The Labute approximate surface area is 111 Å². The second kappa shape index (κ2) is 6.19. The first-order valence-corrected chi connectivity index (χ1v) is 5.84. The predicted molar refractivity (Wildman–Crippen MR) is 71.3 cm³/mol. The number of hydrogen-bond acceptors (Lipinski definition) is 3. The molecule has 0 fully saturated rings. The molecule has 0 radical (unpaired) electrons. The second-order valence-electron chi connectivity index (χ2n) is 4.45. The summed E-state index contributed by atoms with van der Waals surface area (Å²) in [4.78, 5) is 22.4. The van der Waals surface area contributed by atoms with Gasteiger partial charge < -0.3 is 20.8 Å². The molecule has 1 atom stereocenters. The Bertz CT molecular complexity index is 476. The van der Waals surface area contributed by atoms with Gasteiger partial charge in [0.1, 0.15) is 0 Å². The van der Waals surface area contributed by atoms with E-state index in [1.54, 1.807) is 0 Å². The molecule has 0 unspecified atom stereocenters. The molecule has 0 spiro atoms. The van der Waals surface area contributed by atoms with Crippen molar-refractivity contribution in [2.24, 2.45) is 0 Å². The number of nitrogens with one attached hydrogen (secondary N) is 2. The van der Waals surface area contributed by atoms with Gasteiger partial charge in [-0.15, -0.1) is 0 Å². The van der Waals surface area contributed by atoms with Gasteiger partial charge in [-0.2, -0.15) is 0 Å². The fraction of sp³-hybridized carbons (Fsp3) is 0.385. The first-order chi connectivity index (χ1) is 8.85. The van der Waals surface area contributed by atoms with Gasteiger partial charge in [0.05, 0.1) is 6.61 Å². The molecule has 1 aromatic rings. The molecule has 0 heterocycles. The summed E-state index contributed by atoms with van der Waals surface area (Å²) in [5, 5.41) is 22.3. The Morgan fingerprint density at radius 3 is 2.16 bits per heavy atom. The third-order valence-electron chi connectivity index (χ3n) is 2.70. The molecule has 0 aromatic heterocycles. The van der Waals surface area contributed by atoms with Crippen molar-refractivity contribution in [2.45, 2.75) is 26.8 Å². The molecule has 6 nitrogen and oxygen atoms in total. The molecule has 2 amide bonds. The molecular formula is C13H18N2O4. The number of aliphatic hydroxyl groups is 1. The molecule has 4 N–H and O–H groups in total. The highest BCUT2D eigenvalue weighted by Gasteiger charge is 2.19. The van der Waals surface area contributed by atoms with Gasteiger partial charge in [-0.25, -0.2) is 9.59 Å². The molecule has 1 rings (SSSR count). The minimum absolute atomic E-state index is 0.644. The summed E-state index contributed by atoms with van der Waals surface area (Å²) in [6.07, 6.45) is 0. The molecular weight excluding hydrogens is 248 g/mol. The van der Waals surface area contributed by atoms with Crippen LogP contribution in [-0.2, 0) is 4.79 Å². The molecule has 1 aromatic carbocycles. The number of carbonyl (C=O) groups is 2. The first-order valence-electron chi connectivity index (χ1n) is 5.84. The number of aliphatic carboxylic acids is 1. The van der Waals surface area contributed by atoms with Gasteiger partial charge in [0.25, 0.3) is 0 Å². The van der Waals surface area contributed by atoms with Gasteiger partial charge in [-0.05, 0) is 31.9 Å². The van der Waals surface area contributed by atoms with E-state index in [1.165, 1.54) is 0 Å². The molecule has 0 saturated carbocycles. The molecule has 19 heavy (non-hydrogen) atoms. The topological polar surface area (TPSA) is 98.7 Å². The van der Waals surface area contributed by atoms with Gasteiger partial charge in [0, 0.05) is 5.69 Å². The maximum absolute atomic E-state index is 11.7. The van der Waals surface area contributed by atoms with Crippen LogP contribution >= 0.6 is 0 Å². The van der Waals surface area contributed by atoms with E-state index in [1.807, 2.05) is 32.9 Å². The zero-order valence-corrected chi connectivity index (χ0v) is 11.2. The third kappa shape index (κ3) is 3.96. The van der Waals surface area contributed by atoms with Crippen LogP contribution in [0.2, 0.25) is 0 Å². The molecule has 0 aliphatic carbocycles. The lowest BCUT2D eigenvalue weighted by Crippen LogP contribution is -2.45. The minimum Gasteiger partial charge on any atom is -0.480 e. The maximum atomic E-state index is 11.7. The van der Waals surface area contributed by atoms with E-state index in [-0.39, 0.29) is 0 Å². The number of carboxylic acid groups (broad SMARTS) is 1. The van der Waals surface area contributed by atoms with E-state index in [9.17, 15) is 9.59 Å².